The van der Waals surface area contributed by atoms with E-state index in [1.54, 1.807) is 0 Å². The summed E-state index contributed by atoms with van der Waals surface area (Å²) in [5, 5.41) is 1.02. The summed E-state index contributed by atoms with van der Waals surface area (Å²) in [4.78, 5) is 2.06. The van der Waals surface area contributed by atoms with Gasteiger partial charge in [-0.25, -0.2) is 0 Å². The first-order valence-electron chi connectivity index (χ1n) is 6.79. The number of nitrogens with zero attached hydrogens (tertiary/aromatic N) is 1. The molecule has 1 aromatic rings. The van der Waals surface area contributed by atoms with Gasteiger partial charge in [0, 0.05) is 44.8 Å². The zero-order chi connectivity index (χ0) is 14.3. The van der Waals surface area contributed by atoms with Gasteiger partial charge in [-0.3, -0.25) is 0 Å². The van der Waals surface area contributed by atoms with Crippen molar-refractivity contribution in [3.05, 3.63) is 24.3 Å². The summed E-state index contributed by atoms with van der Waals surface area (Å²) < 4.78 is 17.6. The maximum absolute atomic E-state index is 5.88. The van der Waals surface area contributed by atoms with Crippen molar-refractivity contribution in [2.45, 2.75) is 20.8 Å². The summed E-state index contributed by atoms with van der Waals surface area (Å²) in [7, 11) is 1.29. The van der Waals surface area contributed by atoms with Gasteiger partial charge in [-0.1, -0.05) is 12.1 Å². The van der Waals surface area contributed by atoms with Crippen LogP contribution in [0.5, 0.6) is 0 Å². The SMILES string of the molecule is CCO[Si](OCC)(OCC)c1ccc(N(C)C)cc1. The van der Waals surface area contributed by atoms with E-state index in [4.69, 9.17) is 13.3 Å². The number of anilines is 1. The monoisotopic (exact) mass is 283 g/mol. The summed E-state index contributed by atoms with van der Waals surface area (Å²) in [6, 6.07) is 8.22. The largest absolute Gasteiger partial charge is 0.537 e. The Labute approximate surface area is 117 Å². The Balaban J connectivity index is 3.07. The molecule has 0 heterocycles. The average molecular weight is 283 g/mol. The summed E-state index contributed by atoms with van der Waals surface area (Å²) >= 11 is 0. The van der Waals surface area contributed by atoms with Gasteiger partial charge >= 0.3 is 8.80 Å². The van der Waals surface area contributed by atoms with Crippen LogP contribution >= 0.6 is 0 Å². The standard InChI is InChI=1S/C14H25NO3Si/c1-6-16-19(17-7-2,18-8-3)14-11-9-13(10-12-14)15(4)5/h9-12H,6-8H2,1-5H3. The normalized spacial score (nSPS) is 11.6. The topological polar surface area (TPSA) is 30.9 Å². The molecule has 4 nitrogen and oxygen atoms in total. The second-order valence-electron chi connectivity index (χ2n) is 4.30. The van der Waals surface area contributed by atoms with Crippen LogP contribution in [0.2, 0.25) is 0 Å². The third-order valence-electron chi connectivity index (χ3n) is 2.74. The number of benzene rings is 1. The second-order valence-corrected chi connectivity index (χ2v) is 6.85. The Morgan fingerprint density at radius 1 is 0.842 bits per heavy atom. The molecule has 0 radical (unpaired) electrons. The van der Waals surface area contributed by atoms with Gasteiger partial charge in [0.15, 0.2) is 0 Å². The van der Waals surface area contributed by atoms with E-state index in [9.17, 15) is 0 Å². The Hall–Kier alpha value is -0.883. The Kier molecular flexibility index (Phi) is 6.51. The second kappa shape index (κ2) is 7.64. The summed E-state index contributed by atoms with van der Waals surface area (Å²) in [5.74, 6) is 0. The van der Waals surface area contributed by atoms with Gasteiger partial charge in [0.25, 0.3) is 0 Å². The lowest BCUT2D eigenvalue weighted by molar-refractivity contribution is 0.0859. The van der Waals surface area contributed by atoms with Crippen molar-refractivity contribution < 1.29 is 13.3 Å². The molecular weight excluding hydrogens is 258 g/mol. The van der Waals surface area contributed by atoms with Crippen LogP contribution in [0.15, 0.2) is 24.3 Å². The molecule has 1 rings (SSSR count). The van der Waals surface area contributed by atoms with Crippen molar-refractivity contribution >= 4 is 19.7 Å². The highest BCUT2D eigenvalue weighted by Gasteiger charge is 2.43. The zero-order valence-electron chi connectivity index (χ0n) is 12.6. The van der Waals surface area contributed by atoms with Crippen molar-refractivity contribution in [3.63, 3.8) is 0 Å². The number of rotatable bonds is 8. The lowest BCUT2D eigenvalue weighted by Gasteiger charge is -2.29. The van der Waals surface area contributed by atoms with E-state index in [1.165, 1.54) is 0 Å². The maximum atomic E-state index is 5.88. The zero-order valence-corrected chi connectivity index (χ0v) is 13.6. The van der Waals surface area contributed by atoms with Crippen LogP contribution in [0, 0.1) is 0 Å². The first-order valence-corrected chi connectivity index (χ1v) is 8.51. The van der Waals surface area contributed by atoms with Crippen LogP contribution in [0.4, 0.5) is 5.69 Å². The fourth-order valence-electron chi connectivity index (χ4n) is 1.91. The van der Waals surface area contributed by atoms with E-state index < -0.39 is 8.80 Å². The molecule has 0 aliphatic rings. The first-order chi connectivity index (χ1) is 9.09. The molecule has 0 saturated heterocycles. The predicted molar refractivity (Wildman–Crippen MR) is 81.0 cm³/mol. The van der Waals surface area contributed by atoms with Gasteiger partial charge in [0.05, 0.1) is 0 Å². The molecular formula is C14H25NO3Si. The van der Waals surface area contributed by atoms with Crippen molar-refractivity contribution in [2.24, 2.45) is 0 Å². The molecule has 0 unspecified atom stereocenters. The number of hydrogen-bond acceptors (Lipinski definition) is 4. The van der Waals surface area contributed by atoms with Crippen LogP contribution in [0.1, 0.15) is 20.8 Å². The summed E-state index contributed by atoms with van der Waals surface area (Å²) in [5.41, 5.74) is 1.15. The lowest BCUT2D eigenvalue weighted by Crippen LogP contribution is -2.56. The highest BCUT2D eigenvalue weighted by Crippen LogP contribution is 2.14. The molecule has 0 amide bonds. The fraction of sp³-hybridized carbons (Fsp3) is 0.571. The minimum absolute atomic E-state index is 0.585. The third-order valence-corrected chi connectivity index (χ3v) is 5.79. The molecule has 0 bridgehead atoms. The molecule has 0 fully saturated rings. The molecule has 1 aromatic carbocycles. The molecule has 0 spiro atoms. The van der Waals surface area contributed by atoms with Gasteiger partial charge in [-0.05, 0) is 32.9 Å². The Morgan fingerprint density at radius 3 is 1.58 bits per heavy atom. The Morgan fingerprint density at radius 2 is 1.26 bits per heavy atom. The van der Waals surface area contributed by atoms with Crippen LogP contribution in [0.25, 0.3) is 0 Å². The van der Waals surface area contributed by atoms with Gasteiger partial charge in [0.1, 0.15) is 0 Å². The summed E-state index contributed by atoms with van der Waals surface area (Å²) in [6.07, 6.45) is 0. The van der Waals surface area contributed by atoms with Crippen LogP contribution in [-0.2, 0) is 13.3 Å². The number of hydrogen-bond donors (Lipinski definition) is 0. The lowest BCUT2D eigenvalue weighted by atomic mass is 10.3. The molecule has 108 valence electrons. The molecule has 0 N–H and O–H groups in total. The van der Waals surface area contributed by atoms with Crippen molar-refractivity contribution in [2.75, 3.05) is 38.8 Å². The Bertz CT molecular complexity index is 350. The van der Waals surface area contributed by atoms with Gasteiger partial charge in [-0.2, -0.15) is 0 Å². The minimum atomic E-state index is -2.75. The van der Waals surface area contributed by atoms with Crippen LogP contribution in [0.3, 0.4) is 0 Å². The molecule has 0 aromatic heterocycles. The maximum Gasteiger partial charge on any atom is 0.537 e. The van der Waals surface area contributed by atoms with E-state index >= 15 is 0 Å². The quantitative estimate of drug-likeness (QED) is 0.683. The van der Waals surface area contributed by atoms with E-state index in [-0.39, 0.29) is 0 Å². The smallest absolute Gasteiger partial charge is 0.378 e. The van der Waals surface area contributed by atoms with Crippen molar-refractivity contribution in [3.8, 4) is 0 Å². The molecule has 5 heteroatoms. The van der Waals surface area contributed by atoms with Crippen molar-refractivity contribution in [1.29, 1.82) is 0 Å². The molecule has 19 heavy (non-hydrogen) atoms. The van der Waals surface area contributed by atoms with E-state index in [0.717, 1.165) is 10.9 Å². The van der Waals surface area contributed by atoms with Crippen LogP contribution in [-0.4, -0.2) is 42.7 Å². The molecule has 0 aliphatic carbocycles. The highest BCUT2D eigenvalue weighted by atomic mass is 28.4. The summed E-state index contributed by atoms with van der Waals surface area (Å²) in [6.45, 7) is 7.65. The van der Waals surface area contributed by atoms with Gasteiger partial charge < -0.3 is 18.2 Å². The molecule has 0 saturated carbocycles. The average Bonchev–Trinajstić information content (AvgIpc) is 2.39. The first kappa shape index (κ1) is 16.2. The fourth-order valence-corrected chi connectivity index (χ4v) is 4.37. The van der Waals surface area contributed by atoms with Gasteiger partial charge in [-0.15, -0.1) is 0 Å². The van der Waals surface area contributed by atoms with Gasteiger partial charge in [0.2, 0.25) is 0 Å². The van der Waals surface area contributed by atoms with Crippen LogP contribution < -0.4 is 10.1 Å². The molecule has 0 aliphatic heterocycles. The molecule has 0 atom stereocenters. The predicted octanol–water partition coefficient (Wildman–Crippen LogP) is 2.01. The van der Waals surface area contributed by atoms with E-state index in [1.807, 2.05) is 47.0 Å². The third kappa shape index (κ3) is 4.04. The minimum Gasteiger partial charge on any atom is -0.378 e. The van der Waals surface area contributed by atoms with Crippen molar-refractivity contribution in [1.82, 2.24) is 0 Å². The van der Waals surface area contributed by atoms with E-state index in [0.29, 0.717) is 19.8 Å². The van der Waals surface area contributed by atoms with E-state index in [2.05, 4.69) is 17.0 Å². The highest BCUT2D eigenvalue weighted by molar-refractivity contribution is 6.75.